The van der Waals surface area contributed by atoms with Gasteiger partial charge in [0.05, 0.1) is 67.7 Å². The number of ether oxygens (including phenoxy) is 4. The molecule has 4 N–H and O–H groups in total. The standard InChI is InChI=1S/C45H53N9O8S/c1-5-54-37(25-33(52-54)29-10-11-29)48-42-40-31-24-35(58-4)32(39-26(2)53-62-27(39)3)23-34(31)47-41(40)50-43(51-42)45(57)46-16-18-60-20-22-61-21-19-59-17-6-7-28-8-12-30(13-9-28)63-36-14-15-38(55)49-44(36)56/h8-9,12-13,23-25,29,36H,5-7,10-11,14-22H2,1-4H3,(H,46,57)(H,49,55,56)(H2,47,48,50,51). The number of amides is 3. The van der Waals surface area contributed by atoms with Crippen LogP contribution >= 0.6 is 11.8 Å². The fourth-order valence-corrected chi connectivity index (χ4v) is 8.67. The Labute approximate surface area is 368 Å². The number of fused-ring (bicyclic) bond motifs is 3. The summed E-state index contributed by atoms with van der Waals surface area (Å²) in [5, 5.41) is 19.1. The Morgan fingerprint density at radius 3 is 2.43 bits per heavy atom. The lowest BCUT2D eigenvalue weighted by Crippen LogP contribution is -2.42. The largest absolute Gasteiger partial charge is 0.496 e. The van der Waals surface area contributed by atoms with Gasteiger partial charge in [0.25, 0.3) is 5.91 Å². The van der Waals surface area contributed by atoms with Crippen molar-refractivity contribution in [2.24, 2.45) is 0 Å². The van der Waals surface area contributed by atoms with Crippen molar-refractivity contribution in [1.82, 2.24) is 40.5 Å². The predicted molar refractivity (Wildman–Crippen MR) is 238 cm³/mol. The van der Waals surface area contributed by atoms with Crippen LogP contribution in [0.3, 0.4) is 0 Å². The van der Waals surface area contributed by atoms with Gasteiger partial charge in [-0.15, -0.1) is 11.8 Å². The number of aromatic amines is 1. The second kappa shape index (κ2) is 20.1. The third-order valence-electron chi connectivity index (χ3n) is 11.0. The van der Waals surface area contributed by atoms with Crippen LogP contribution in [-0.2, 0) is 36.8 Å². The quantitative estimate of drug-likeness (QED) is 0.0422. The Hall–Kier alpha value is -5.82. The first-order chi connectivity index (χ1) is 30.7. The first-order valence-electron chi connectivity index (χ1n) is 21.5. The van der Waals surface area contributed by atoms with Crippen molar-refractivity contribution in [3.05, 3.63) is 71.0 Å². The molecular weight excluding hydrogens is 827 g/mol. The predicted octanol–water partition coefficient (Wildman–Crippen LogP) is 6.54. The number of aromatic nitrogens is 6. The van der Waals surface area contributed by atoms with Crippen molar-refractivity contribution < 1.29 is 37.9 Å². The summed E-state index contributed by atoms with van der Waals surface area (Å²) in [5.41, 5.74) is 5.94. The third kappa shape index (κ3) is 10.5. The van der Waals surface area contributed by atoms with E-state index in [4.69, 9.17) is 38.5 Å². The molecule has 6 aromatic rings. The van der Waals surface area contributed by atoms with Gasteiger partial charge in [-0.25, -0.2) is 14.6 Å². The van der Waals surface area contributed by atoms with Gasteiger partial charge in [-0.3, -0.25) is 19.7 Å². The van der Waals surface area contributed by atoms with Gasteiger partial charge in [-0.2, -0.15) is 5.10 Å². The van der Waals surface area contributed by atoms with Gasteiger partial charge < -0.3 is 39.1 Å². The molecule has 1 saturated heterocycles. The van der Waals surface area contributed by atoms with Gasteiger partial charge in [0.1, 0.15) is 28.8 Å². The van der Waals surface area contributed by atoms with Crippen LogP contribution in [0.5, 0.6) is 5.75 Å². The van der Waals surface area contributed by atoms with Crippen molar-refractivity contribution in [1.29, 1.82) is 0 Å². The van der Waals surface area contributed by atoms with Crippen LogP contribution in [0.25, 0.3) is 33.1 Å². The van der Waals surface area contributed by atoms with E-state index in [-0.39, 0.29) is 36.0 Å². The second-order valence-corrected chi connectivity index (χ2v) is 16.9. The minimum atomic E-state index is -0.437. The summed E-state index contributed by atoms with van der Waals surface area (Å²) >= 11 is 1.49. The smallest absolute Gasteiger partial charge is 0.289 e. The molecule has 8 rings (SSSR count). The number of aryl methyl sites for hydroxylation is 4. The minimum absolute atomic E-state index is 0.00169. The van der Waals surface area contributed by atoms with Crippen LogP contribution in [0.2, 0.25) is 0 Å². The maximum absolute atomic E-state index is 13.5. The van der Waals surface area contributed by atoms with Crippen molar-refractivity contribution in [2.75, 3.05) is 58.6 Å². The van der Waals surface area contributed by atoms with Gasteiger partial charge in [-0.05, 0) is 82.7 Å². The Kier molecular flexibility index (Phi) is 14.0. The molecule has 0 spiro atoms. The molecule has 1 unspecified atom stereocenters. The normalized spacial score (nSPS) is 15.3. The maximum atomic E-state index is 13.5. The number of thioether (sulfide) groups is 1. The van der Waals surface area contributed by atoms with Gasteiger partial charge in [0.15, 0.2) is 0 Å². The molecule has 63 heavy (non-hydrogen) atoms. The third-order valence-corrected chi connectivity index (χ3v) is 12.3. The van der Waals surface area contributed by atoms with Crippen molar-refractivity contribution in [3.63, 3.8) is 0 Å². The molecule has 1 atom stereocenters. The number of rotatable bonds is 22. The summed E-state index contributed by atoms with van der Waals surface area (Å²) in [6.45, 7) is 9.31. The maximum Gasteiger partial charge on any atom is 0.289 e. The van der Waals surface area contributed by atoms with Gasteiger partial charge in [-0.1, -0.05) is 17.3 Å². The number of imide groups is 1. The average molecular weight is 880 g/mol. The number of benzene rings is 2. The number of methoxy groups -OCH3 is 1. The molecule has 1 aliphatic heterocycles. The highest BCUT2D eigenvalue weighted by Gasteiger charge is 2.29. The van der Waals surface area contributed by atoms with E-state index in [9.17, 15) is 14.4 Å². The van der Waals surface area contributed by atoms with Crippen molar-refractivity contribution in [3.8, 4) is 16.9 Å². The van der Waals surface area contributed by atoms with E-state index in [0.717, 1.165) is 69.8 Å². The van der Waals surface area contributed by atoms with E-state index < -0.39 is 5.91 Å². The molecular formula is C45H53N9O8S. The van der Waals surface area contributed by atoms with E-state index in [2.05, 4.69) is 44.3 Å². The summed E-state index contributed by atoms with van der Waals surface area (Å²) in [6.07, 6.45) is 4.95. The molecule has 2 aliphatic rings. The molecule has 0 bridgehead atoms. The van der Waals surface area contributed by atoms with E-state index >= 15 is 0 Å². The summed E-state index contributed by atoms with van der Waals surface area (Å²) < 4.78 is 30.4. The van der Waals surface area contributed by atoms with Crippen LogP contribution in [-0.4, -0.2) is 106 Å². The number of nitrogens with zero attached hydrogens (tertiary/aromatic N) is 5. The number of anilines is 2. The molecule has 18 heteroatoms. The molecule has 2 aromatic carbocycles. The molecule has 332 valence electrons. The topological polar surface area (TPSA) is 210 Å². The SMILES string of the molecule is CCn1nc(C2CC2)cc1Nc1nc(C(=O)NCCOCCOCCOCCCc2ccc(SC3CCC(=O)NC3=O)cc2)nc2[nH]c3cc(-c4c(C)noc4C)c(OC)cc3c12. The van der Waals surface area contributed by atoms with E-state index in [1.54, 1.807) is 7.11 Å². The lowest BCUT2D eigenvalue weighted by molar-refractivity contribution is -0.132. The average Bonchev–Trinajstić information content (AvgIpc) is 3.83. The van der Waals surface area contributed by atoms with Crippen LogP contribution in [0.1, 0.15) is 78.3 Å². The van der Waals surface area contributed by atoms with Crippen LogP contribution in [0, 0.1) is 13.8 Å². The summed E-state index contributed by atoms with van der Waals surface area (Å²) in [4.78, 5) is 50.9. The van der Waals surface area contributed by atoms with E-state index in [1.807, 2.05) is 49.7 Å². The number of piperidine rings is 1. The summed E-state index contributed by atoms with van der Waals surface area (Å²) in [7, 11) is 1.63. The van der Waals surface area contributed by atoms with E-state index in [0.29, 0.717) is 86.7 Å². The van der Waals surface area contributed by atoms with Crippen molar-refractivity contribution in [2.45, 2.75) is 81.9 Å². The summed E-state index contributed by atoms with van der Waals surface area (Å²) in [6, 6.07) is 14.2. The van der Waals surface area contributed by atoms with Gasteiger partial charge in [0, 0.05) is 59.5 Å². The molecule has 17 nitrogen and oxygen atoms in total. The Morgan fingerprint density at radius 1 is 0.968 bits per heavy atom. The number of carbonyl (C=O) groups is 3. The molecule has 4 aromatic heterocycles. The minimum Gasteiger partial charge on any atom is -0.496 e. The molecule has 3 amide bonds. The number of hydrogen-bond donors (Lipinski definition) is 4. The summed E-state index contributed by atoms with van der Waals surface area (Å²) in [5.74, 6) is 2.18. The highest BCUT2D eigenvalue weighted by Crippen LogP contribution is 2.43. The number of carbonyl (C=O) groups excluding carboxylic acids is 3. The fraction of sp³-hybridized carbons (Fsp3) is 0.444. The molecule has 1 saturated carbocycles. The second-order valence-electron chi connectivity index (χ2n) is 15.6. The zero-order chi connectivity index (χ0) is 43.9. The first-order valence-corrected chi connectivity index (χ1v) is 22.4. The number of nitrogens with one attached hydrogen (secondary N) is 4. The van der Waals surface area contributed by atoms with Crippen LogP contribution < -0.4 is 20.7 Å². The number of hydrogen-bond acceptors (Lipinski definition) is 14. The lowest BCUT2D eigenvalue weighted by atomic mass is 10.0. The Balaban J connectivity index is 0.801. The zero-order valence-electron chi connectivity index (χ0n) is 36.0. The zero-order valence-corrected chi connectivity index (χ0v) is 36.8. The Bertz CT molecular complexity index is 2560. The molecule has 1 aliphatic carbocycles. The van der Waals surface area contributed by atoms with Gasteiger partial charge in [0.2, 0.25) is 17.6 Å². The van der Waals surface area contributed by atoms with E-state index in [1.165, 1.54) is 17.3 Å². The monoisotopic (exact) mass is 879 g/mol. The van der Waals surface area contributed by atoms with Crippen LogP contribution in [0.15, 0.2) is 51.9 Å². The highest BCUT2D eigenvalue weighted by molar-refractivity contribution is 8.00. The molecule has 5 heterocycles. The lowest BCUT2D eigenvalue weighted by Gasteiger charge is -2.20. The number of H-pyrrole nitrogens is 1. The van der Waals surface area contributed by atoms with Crippen LogP contribution in [0.4, 0.5) is 11.6 Å². The first kappa shape index (κ1) is 43.8. The Morgan fingerprint density at radius 2 is 1.73 bits per heavy atom. The molecule has 0 radical (unpaired) electrons. The fourth-order valence-electron chi connectivity index (χ4n) is 7.65. The molecule has 2 fully saturated rings. The highest BCUT2D eigenvalue weighted by atomic mass is 32.2. The van der Waals surface area contributed by atoms with Gasteiger partial charge >= 0.3 is 0 Å². The van der Waals surface area contributed by atoms with Crippen molar-refractivity contribution >= 4 is 63.1 Å².